The van der Waals surface area contributed by atoms with Crippen molar-refractivity contribution in [3.05, 3.63) is 54.9 Å². The molecule has 1 N–H and O–H groups in total. The lowest BCUT2D eigenvalue weighted by Crippen LogP contribution is -2.08. The lowest BCUT2D eigenvalue weighted by atomic mass is 10.2. The van der Waals surface area contributed by atoms with Gasteiger partial charge < -0.3 is 4.74 Å². The molecule has 25 heavy (non-hydrogen) atoms. The van der Waals surface area contributed by atoms with E-state index < -0.39 is 10.1 Å². The molecule has 3 rings (SSSR count). The van der Waals surface area contributed by atoms with Crippen molar-refractivity contribution >= 4 is 21.5 Å². The second-order valence-corrected chi connectivity index (χ2v) is 7.86. The molecule has 6 nitrogen and oxygen atoms in total. The Labute approximate surface area is 149 Å². The van der Waals surface area contributed by atoms with Gasteiger partial charge in [0.05, 0.1) is 22.9 Å². The standard InChI is InChI=1S/C17H16N2O4S2/c20-25(21,22)11-3-10-23-14-7-5-13(6-8-14)16-12-19-17(24-16)15-4-1-2-9-18-15/h1-2,4-9,12H,3,10-11H2,(H,20,21,22). The summed E-state index contributed by atoms with van der Waals surface area (Å²) < 4.78 is 35.4. The first-order chi connectivity index (χ1) is 12.0. The van der Waals surface area contributed by atoms with Crippen molar-refractivity contribution in [2.75, 3.05) is 12.4 Å². The fraction of sp³-hybridized carbons (Fsp3) is 0.176. The quantitative estimate of drug-likeness (QED) is 0.501. The Morgan fingerprint density at radius 2 is 1.88 bits per heavy atom. The molecular formula is C17H16N2O4S2. The zero-order valence-corrected chi connectivity index (χ0v) is 14.8. The Morgan fingerprint density at radius 1 is 1.08 bits per heavy atom. The minimum atomic E-state index is -3.93. The van der Waals surface area contributed by atoms with Crippen LogP contribution in [0.2, 0.25) is 0 Å². The summed E-state index contributed by atoms with van der Waals surface area (Å²) in [6.45, 7) is 0.226. The van der Waals surface area contributed by atoms with Crippen LogP contribution in [0.1, 0.15) is 6.42 Å². The summed E-state index contributed by atoms with van der Waals surface area (Å²) in [6.07, 6.45) is 3.80. The first-order valence-electron chi connectivity index (χ1n) is 7.57. The topological polar surface area (TPSA) is 89.4 Å². The Bertz CT molecular complexity index is 923. The number of nitrogens with zero attached hydrogens (tertiary/aromatic N) is 2. The van der Waals surface area contributed by atoms with E-state index >= 15 is 0 Å². The molecule has 0 aliphatic heterocycles. The van der Waals surface area contributed by atoms with E-state index in [4.69, 9.17) is 9.29 Å². The van der Waals surface area contributed by atoms with Gasteiger partial charge in [-0.05, 0) is 48.4 Å². The maximum absolute atomic E-state index is 10.6. The van der Waals surface area contributed by atoms with Crippen molar-refractivity contribution in [2.24, 2.45) is 0 Å². The number of rotatable bonds is 7. The molecule has 2 aromatic heterocycles. The maximum atomic E-state index is 10.6. The van der Waals surface area contributed by atoms with Gasteiger partial charge in [0.15, 0.2) is 0 Å². The minimum absolute atomic E-state index is 0.226. The molecule has 3 aromatic rings. The summed E-state index contributed by atoms with van der Waals surface area (Å²) in [5, 5.41) is 0.862. The van der Waals surface area contributed by atoms with Crippen molar-refractivity contribution in [3.63, 3.8) is 0 Å². The summed E-state index contributed by atoms with van der Waals surface area (Å²) in [6, 6.07) is 13.2. The van der Waals surface area contributed by atoms with Crippen LogP contribution in [-0.4, -0.2) is 35.3 Å². The normalized spacial score (nSPS) is 11.4. The van der Waals surface area contributed by atoms with Crippen molar-refractivity contribution in [3.8, 4) is 26.9 Å². The molecule has 0 spiro atoms. The monoisotopic (exact) mass is 376 g/mol. The summed E-state index contributed by atoms with van der Waals surface area (Å²) in [4.78, 5) is 9.74. The number of benzene rings is 1. The van der Waals surface area contributed by atoms with E-state index in [2.05, 4.69) is 9.97 Å². The lowest BCUT2D eigenvalue weighted by molar-refractivity contribution is 0.316. The van der Waals surface area contributed by atoms with Crippen molar-refractivity contribution in [1.29, 1.82) is 0 Å². The molecule has 130 valence electrons. The summed E-state index contributed by atoms with van der Waals surface area (Å²) in [7, 11) is -3.93. The highest BCUT2D eigenvalue weighted by molar-refractivity contribution is 7.85. The van der Waals surface area contributed by atoms with Crippen molar-refractivity contribution in [1.82, 2.24) is 9.97 Å². The Balaban J connectivity index is 1.62. The number of aromatic nitrogens is 2. The predicted molar refractivity (Wildman–Crippen MR) is 97.3 cm³/mol. The summed E-state index contributed by atoms with van der Waals surface area (Å²) in [5.74, 6) is 0.343. The molecule has 2 heterocycles. The zero-order valence-electron chi connectivity index (χ0n) is 13.2. The highest BCUT2D eigenvalue weighted by Crippen LogP contribution is 2.31. The summed E-state index contributed by atoms with van der Waals surface area (Å²) in [5.41, 5.74) is 1.86. The van der Waals surface area contributed by atoms with E-state index in [-0.39, 0.29) is 18.8 Å². The van der Waals surface area contributed by atoms with Crippen LogP contribution in [0.25, 0.3) is 21.1 Å². The maximum Gasteiger partial charge on any atom is 0.264 e. The number of thiazole rings is 1. The van der Waals surface area contributed by atoms with Gasteiger partial charge in [-0.25, -0.2) is 4.98 Å². The lowest BCUT2D eigenvalue weighted by Gasteiger charge is -2.06. The third-order valence-corrected chi connectivity index (χ3v) is 5.22. The number of hydrogen-bond donors (Lipinski definition) is 1. The average Bonchev–Trinajstić information content (AvgIpc) is 3.09. The molecule has 0 saturated carbocycles. The van der Waals surface area contributed by atoms with Gasteiger partial charge in [-0.2, -0.15) is 8.42 Å². The number of ether oxygens (including phenoxy) is 1. The largest absolute Gasteiger partial charge is 0.494 e. The van der Waals surface area contributed by atoms with Crippen LogP contribution in [-0.2, 0) is 10.1 Å². The van der Waals surface area contributed by atoms with Crippen LogP contribution in [0.15, 0.2) is 54.9 Å². The molecule has 0 unspecified atom stereocenters. The fourth-order valence-corrected chi connectivity index (χ4v) is 3.54. The zero-order chi connectivity index (χ0) is 17.7. The smallest absolute Gasteiger partial charge is 0.264 e. The predicted octanol–water partition coefficient (Wildman–Crippen LogP) is 3.53. The molecule has 0 radical (unpaired) electrons. The fourth-order valence-electron chi connectivity index (χ4n) is 2.16. The highest BCUT2D eigenvalue weighted by atomic mass is 32.2. The van der Waals surface area contributed by atoms with Crippen LogP contribution in [0.3, 0.4) is 0 Å². The SMILES string of the molecule is O=S(=O)(O)CCCOc1ccc(-c2cnc(-c3ccccn3)s2)cc1. The molecular weight excluding hydrogens is 360 g/mol. The molecule has 8 heteroatoms. The van der Waals surface area contributed by atoms with Gasteiger partial charge >= 0.3 is 0 Å². The van der Waals surface area contributed by atoms with Crippen LogP contribution >= 0.6 is 11.3 Å². The second-order valence-electron chi connectivity index (χ2n) is 5.26. The van der Waals surface area contributed by atoms with E-state index in [1.807, 2.05) is 48.7 Å². The molecule has 0 bridgehead atoms. The van der Waals surface area contributed by atoms with Gasteiger partial charge in [0.2, 0.25) is 0 Å². The molecule has 0 fully saturated rings. The third kappa shape index (κ3) is 5.09. The molecule has 0 saturated heterocycles. The minimum Gasteiger partial charge on any atom is -0.494 e. The van der Waals surface area contributed by atoms with E-state index in [1.54, 1.807) is 17.5 Å². The molecule has 0 aliphatic carbocycles. The number of hydrogen-bond acceptors (Lipinski definition) is 6. The Morgan fingerprint density at radius 3 is 2.56 bits per heavy atom. The average molecular weight is 376 g/mol. The van der Waals surface area contributed by atoms with Crippen LogP contribution in [0.4, 0.5) is 0 Å². The third-order valence-electron chi connectivity index (χ3n) is 3.34. The first kappa shape index (κ1) is 17.5. The van der Waals surface area contributed by atoms with Gasteiger partial charge in [-0.15, -0.1) is 11.3 Å². The molecule has 0 amide bonds. The van der Waals surface area contributed by atoms with Crippen LogP contribution in [0.5, 0.6) is 5.75 Å². The first-order valence-corrected chi connectivity index (χ1v) is 9.99. The van der Waals surface area contributed by atoms with E-state index in [9.17, 15) is 8.42 Å². The van der Waals surface area contributed by atoms with Gasteiger partial charge in [-0.1, -0.05) is 6.07 Å². The molecule has 0 atom stereocenters. The van der Waals surface area contributed by atoms with E-state index in [1.165, 1.54) is 0 Å². The van der Waals surface area contributed by atoms with Crippen LogP contribution in [0, 0.1) is 0 Å². The van der Waals surface area contributed by atoms with Gasteiger partial charge in [-0.3, -0.25) is 9.54 Å². The Hall–Kier alpha value is -2.29. The van der Waals surface area contributed by atoms with Crippen LogP contribution < -0.4 is 4.74 Å². The van der Waals surface area contributed by atoms with Crippen molar-refractivity contribution in [2.45, 2.75) is 6.42 Å². The van der Waals surface area contributed by atoms with Gasteiger partial charge in [0.1, 0.15) is 10.8 Å². The Kier molecular flexibility index (Phi) is 5.42. The van der Waals surface area contributed by atoms with E-state index in [0.29, 0.717) is 5.75 Å². The van der Waals surface area contributed by atoms with Gasteiger partial charge in [0.25, 0.3) is 10.1 Å². The highest BCUT2D eigenvalue weighted by Gasteiger charge is 2.08. The van der Waals surface area contributed by atoms with Crippen molar-refractivity contribution < 1.29 is 17.7 Å². The molecule has 0 aliphatic rings. The second kappa shape index (κ2) is 7.73. The van der Waals surface area contributed by atoms with Gasteiger partial charge in [0, 0.05) is 12.4 Å². The van der Waals surface area contributed by atoms with E-state index in [0.717, 1.165) is 21.1 Å². The summed E-state index contributed by atoms with van der Waals surface area (Å²) >= 11 is 1.56. The number of pyridine rings is 1. The molecule has 1 aromatic carbocycles.